The van der Waals surface area contributed by atoms with Crippen molar-refractivity contribution in [1.29, 1.82) is 0 Å². The summed E-state index contributed by atoms with van der Waals surface area (Å²) >= 11 is 3.43. The van der Waals surface area contributed by atoms with Gasteiger partial charge in [0.2, 0.25) is 0 Å². The molecule has 0 spiro atoms. The maximum absolute atomic E-state index is 11.0. The molecule has 1 rings (SSSR count). The molecule has 0 aliphatic heterocycles. The number of ether oxygens (including phenoxy) is 1. The van der Waals surface area contributed by atoms with Crippen molar-refractivity contribution in [2.45, 2.75) is 13.5 Å². The second-order valence-electron chi connectivity index (χ2n) is 5.46. The van der Waals surface area contributed by atoms with E-state index in [1.807, 2.05) is 31.0 Å². The average molecular weight is 420 g/mol. The van der Waals surface area contributed by atoms with E-state index in [0.717, 1.165) is 23.5 Å². The fraction of sp³-hybridized carbons (Fsp3) is 0.562. The molecule has 0 fully saturated rings. The molecule has 1 N–H and O–H groups in total. The number of guanidine groups is 1. The van der Waals surface area contributed by atoms with Gasteiger partial charge in [0.05, 0.1) is 25.5 Å². The molecule has 0 atom stereocenters. The van der Waals surface area contributed by atoms with Gasteiger partial charge in [-0.1, -0.05) is 28.1 Å². The van der Waals surface area contributed by atoms with Gasteiger partial charge in [0.15, 0.2) is 5.96 Å². The van der Waals surface area contributed by atoms with Crippen LogP contribution in [-0.2, 0) is 21.1 Å². The predicted molar refractivity (Wildman–Crippen MR) is 102 cm³/mol. The van der Waals surface area contributed by atoms with Crippen molar-refractivity contribution >= 4 is 31.7 Å². The van der Waals surface area contributed by atoms with Crippen LogP contribution in [0.5, 0.6) is 0 Å². The molecular formula is C16H26BrN3O3S. The number of benzene rings is 1. The maximum atomic E-state index is 11.0. The number of sulfone groups is 1. The Bertz CT molecular complexity index is 618. The molecule has 6 nitrogen and oxygen atoms in total. The normalized spacial score (nSPS) is 12.2. The van der Waals surface area contributed by atoms with E-state index in [-0.39, 0.29) is 12.4 Å². The molecule has 0 aromatic heterocycles. The number of hydrogen-bond acceptors (Lipinski definition) is 4. The molecule has 1 aromatic rings. The molecule has 24 heavy (non-hydrogen) atoms. The van der Waals surface area contributed by atoms with Gasteiger partial charge in [-0.15, -0.1) is 0 Å². The molecular weight excluding hydrogens is 394 g/mol. The van der Waals surface area contributed by atoms with E-state index >= 15 is 0 Å². The van der Waals surface area contributed by atoms with Crippen LogP contribution in [0.1, 0.15) is 12.5 Å². The van der Waals surface area contributed by atoms with Crippen molar-refractivity contribution in [3.8, 4) is 0 Å². The fourth-order valence-electron chi connectivity index (χ4n) is 1.94. The van der Waals surface area contributed by atoms with E-state index in [4.69, 9.17) is 4.74 Å². The van der Waals surface area contributed by atoms with Gasteiger partial charge in [-0.2, -0.15) is 0 Å². The molecule has 0 saturated carbocycles. The fourth-order valence-corrected chi connectivity index (χ4v) is 2.62. The summed E-state index contributed by atoms with van der Waals surface area (Å²) in [7, 11) is -0.992. The smallest absolute Gasteiger partial charge is 0.194 e. The number of nitrogens with one attached hydrogen (secondary N) is 1. The third-order valence-electron chi connectivity index (χ3n) is 3.13. The van der Waals surface area contributed by atoms with E-state index in [1.54, 1.807) is 0 Å². The highest BCUT2D eigenvalue weighted by atomic mass is 79.9. The number of rotatable bonds is 9. The predicted octanol–water partition coefficient (Wildman–Crippen LogP) is 1.91. The molecule has 136 valence electrons. The number of halogens is 1. The molecule has 0 aliphatic rings. The van der Waals surface area contributed by atoms with Crippen LogP contribution in [0.2, 0.25) is 0 Å². The zero-order valence-corrected chi connectivity index (χ0v) is 16.9. The lowest BCUT2D eigenvalue weighted by Crippen LogP contribution is -2.38. The van der Waals surface area contributed by atoms with Crippen LogP contribution in [0.3, 0.4) is 0 Å². The molecule has 0 radical (unpaired) electrons. The largest absolute Gasteiger partial charge is 0.378 e. The highest BCUT2D eigenvalue weighted by Crippen LogP contribution is 2.11. The molecule has 0 saturated heterocycles. The van der Waals surface area contributed by atoms with Gasteiger partial charge in [-0.25, -0.2) is 8.42 Å². The van der Waals surface area contributed by atoms with E-state index < -0.39 is 9.84 Å². The topological polar surface area (TPSA) is 71.0 Å². The van der Waals surface area contributed by atoms with Crippen LogP contribution < -0.4 is 5.32 Å². The van der Waals surface area contributed by atoms with Crippen LogP contribution in [0.4, 0.5) is 0 Å². The minimum Gasteiger partial charge on any atom is -0.378 e. The lowest BCUT2D eigenvalue weighted by Gasteiger charge is -2.22. The van der Waals surface area contributed by atoms with E-state index in [2.05, 4.69) is 38.4 Å². The van der Waals surface area contributed by atoms with Gasteiger partial charge < -0.3 is 15.0 Å². The van der Waals surface area contributed by atoms with Crippen molar-refractivity contribution in [2.24, 2.45) is 4.99 Å². The second kappa shape index (κ2) is 10.7. The third-order valence-corrected chi connectivity index (χ3v) is 4.56. The SMILES string of the molecule is CCNC(=NCCOCCS(C)(=O)=O)N(C)Cc1ccc(Br)cc1. The van der Waals surface area contributed by atoms with Crippen LogP contribution in [-0.4, -0.2) is 64.6 Å². The molecule has 0 heterocycles. The monoisotopic (exact) mass is 419 g/mol. The summed E-state index contributed by atoms with van der Waals surface area (Å²) in [5, 5.41) is 3.24. The van der Waals surface area contributed by atoms with Crippen molar-refractivity contribution in [3.63, 3.8) is 0 Å². The third kappa shape index (κ3) is 9.24. The first-order valence-corrected chi connectivity index (χ1v) is 10.7. The first kappa shape index (κ1) is 20.9. The van der Waals surface area contributed by atoms with Gasteiger partial charge in [0.25, 0.3) is 0 Å². The summed E-state index contributed by atoms with van der Waals surface area (Å²) in [5.41, 5.74) is 1.19. The molecule has 1 aromatic carbocycles. The van der Waals surface area contributed by atoms with Crippen molar-refractivity contribution in [1.82, 2.24) is 10.2 Å². The Labute approximate surface area is 153 Å². The Morgan fingerprint density at radius 2 is 1.96 bits per heavy atom. The van der Waals surface area contributed by atoms with Crippen LogP contribution >= 0.6 is 15.9 Å². The number of aliphatic imine (C=N–C) groups is 1. The molecule has 8 heteroatoms. The zero-order valence-electron chi connectivity index (χ0n) is 14.5. The first-order valence-electron chi connectivity index (χ1n) is 7.81. The summed E-state index contributed by atoms with van der Waals surface area (Å²) in [6.45, 7) is 4.63. The second-order valence-corrected chi connectivity index (χ2v) is 8.64. The molecule has 0 aliphatic carbocycles. The van der Waals surface area contributed by atoms with Crippen molar-refractivity contribution in [2.75, 3.05) is 45.4 Å². The zero-order chi connectivity index (χ0) is 18.0. The lowest BCUT2D eigenvalue weighted by atomic mass is 10.2. The summed E-state index contributed by atoms with van der Waals surface area (Å²) in [6.07, 6.45) is 1.20. The molecule has 0 unspecified atom stereocenters. The van der Waals surface area contributed by atoms with E-state index in [1.165, 1.54) is 11.8 Å². The van der Waals surface area contributed by atoms with Gasteiger partial charge in [-0.3, -0.25) is 4.99 Å². The van der Waals surface area contributed by atoms with Gasteiger partial charge in [0.1, 0.15) is 9.84 Å². The van der Waals surface area contributed by atoms with Crippen LogP contribution in [0.15, 0.2) is 33.7 Å². The Balaban J connectivity index is 2.47. The van der Waals surface area contributed by atoms with Gasteiger partial charge in [0, 0.05) is 30.9 Å². The first-order chi connectivity index (χ1) is 11.3. The molecule has 0 amide bonds. The van der Waals surface area contributed by atoms with Crippen molar-refractivity contribution < 1.29 is 13.2 Å². The van der Waals surface area contributed by atoms with E-state index in [9.17, 15) is 8.42 Å². The average Bonchev–Trinajstić information content (AvgIpc) is 2.50. The Kier molecular flexibility index (Phi) is 9.31. The summed E-state index contributed by atoms with van der Waals surface area (Å²) < 4.78 is 28.4. The highest BCUT2D eigenvalue weighted by molar-refractivity contribution is 9.10. The Hall–Kier alpha value is -1.12. The van der Waals surface area contributed by atoms with Crippen LogP contribution in [0, 0.1) is 0 Å². The summed E-state index contributed by atoms with van der Waals surface area (Å²) in [6, 6.07) is 8.17. The maximum Gasteiger partial charge on any atom is 0.194 e. The Morgan fingerprint density at radius 3 is 2.54 bits per heavy atom. The number of nitrogens with zero attached hydrogens (tertiary/aromatic N) is 2. The molecule has 0 bridgehead atoms. The minimum atomic E-state index is -2.97. The highest BCUT2D eigenvalue weighted by Gasteiger charge is 2.06. The minimum absolute atomic E-state index is 0.0419. The van der Waals surface area contributed by atoms with Gasteiger partial charge in [-0.05, 0) is 24.6 Å². The van der Waals surface area contributed by atoms with E-state index in [0.29, 0.717) is 13.2 Å². The lowest BCUT2D eigenvalue weighted by molar-refractivity contribution is 0.157. The summed E-state index contributed by atoms with van der Waals surface area (Å²) in [5.74, 6) is 0.840. The quantitative estimate of drug-likeness (QED) is 0.376. The Morgan fingerprint density at radius 1 is 1.29 bits per heavy atom. The van der Waals surface area contributed by atoms with Gasteiger partial charge >= 0.3 is 0 Å². The van der Waals surface area contributed by atoms with Crippen molar-refractivity contribution in [3.05, 3.63) is 34.3 Å². The standard InChI is InChI=1S/C16H26BrN3O3S/c1-4-18-16(19-9-10-23-11-12-24(3,21)22)20(2)13-14-5-7-15(17)8-6-14/h5-8H,4,9-13H2,1-3H3,(H,18,19). The summed E-state index contributed by atoms with van der Waals surface area (Å²) in [4.78, 5) is 6.55. The number of hydrogen-bond donors (Lipinski definition) is 1. The van der Waals surface area contributed by atoms with Crippen LogP contribution in [0.25, 0.3) is 0 Å².